The zero-order valence-electron chi connectivity index (χ0n) is 11.6. The minimum Gasteiger partial charge on any atom is -0.393 e. The molecule has 0 spiro atoms. The van der Waals surface area contributed by atoms with Crippen molar-refractivity contribution in [3.05, 3.63) is 12.7 Å². The first kappa shape index (κ1) is 14.1. The highest BCUT2D eigenvalue weighted by atomic mass is 16.3. The maximum Gasteiger partial charge on any atom is 0.0546 e. The molecule has 0 amide bonds. The van der Waals surface area contributed by atoms with E-state index < -0.39 is 0 Å². The van der Waals surface area contributed by atoms with E-state index in [-0.39, 0.29) is 12.2 Å². The first-order valence-corrected chi connectivity index (χ1v) is 7.64. The molecule has 2 saturated carbocycles. The zero-order chi connectivity index (χ0) is 13.1. The molecule has 2 nitrogen and oxygen atoms in total. The molecule has 0 radical (unpaired) electrons. The number of rotatable bonds is 2. The monoisotopic (exact) mass is 252 g/mol. The van der Waals surface area contributed by atoms with E-state index in [2.05, 4.69) is 19.6 Å². The van der Waals surface area contributed by atoms with E-state index in [0.717, 1.165) is 38.5 Å². The fourth-order valence-electron chi connectivity index (χ4n) is 4.27. The molecule has 0 aromatic carbocycles. The van der Waals surface area contributed by atoms with Gasteiger partial charge in [-0.2, -0.15) is 0 Å². The van der Waals surface area contributed by atoms with Gasteiger partial charge in [-0.15, -0.1) is 6.58 Å². The number of aliphatic hydroxyl groups excluding tert-OH is 2. The topological polar surface area (TPSA) is 40.5 Å². The van der Waals surface area contributed by atoms with Gasteiger partial charge < -0.3 is 10.2 Å². The molecule has 2 rings (SSSR count). The number of hydrogen-bond donors (Lipinski definition) is 2. The fraction of sp³-hybridized carbons (Fsp3) is 0.875. The van der Waals surface area contributed by atoms with E-state index in [0.29, 0.717) is 23.7 Å². The predicted octanol–water partition coefficient (Wildman–Crippen LogP) is 3.14. The molecular weight excluding hydrogens is 224 g/mol. The highest BCUT2D eigenvalue weighted by Crippen LogP contribution is 2.46. The van der Waals surface area contributed by atoms with Gasteiger partial charge in [0.1, 0.15) is 0 Å². The van der Waals surface area contributed by atoms with Crippen LogP contribution in [0.4, 0.5) is 0 Å². The summed E-state index contributed by atoms with van der Waals surface area (Å²) in [5, 5.41) is 20.0. The SMILES string of the molecule is C=CC1CCC(O)CCC(CC)C2CC(O)CC12. The van der Waals surface area contributed by atoms with Gasteiger partial charge in [0, 0.05) is 0 Å². The summed E-state index contributed by atoms with van der Waals surface area (Å²) in [7, 11) is 0. The van der Waals surface area contributed by atoms with E-state index in [1.807, 2.05) is 0 Å². The number of fused-ring (bicyclic) bond motifs is 1. The molecule has 2 aliphatic carbocycles. The predicted molar refractivity (Wildman–Crippen MR) is 74.2 cm³/mol. The third-order valence-electron chi connectivity index (χ3n) is 5.32. The molecule has 0 aromatic rings. The second kappa shape index (κ2) is 6.21. The van der Waals surface area contributed by atoms with Crippen molar-refractivity contribution in [2.75, 3.05) is 0 Å². The molecule has 0 bridgehead atoms. The Hall–Kier alpha value is -0.340. The first-order valence-electron chi connectivity index (χ1n) is 7.64. The van der Waals surface area contributed by atoms with Crippen LogP contribution in [0.2, 0.25) is 0 Å². The van der Waals surface area contributed by atoms with Gasteiger partial charge in [0.05, 0.1) is 12.2 Å². The van der Waals surface area contributed by atoms with Gasteiger partial charge in [0.25, 0.3) is 0 Å². The molecule has 6 atom stereocenters. The highest BCUT2D eigenvalue weighted by Gasteiger charge is 2.41. The molecule has 104 valence electrons. The number of allylic oxidation sites excluding steroid dienone is 1. The molecule has 0 heterocycles. The van der Waals surface area contributed by atoms with Crippen LogP contribution in [0.1, 0.15) is 51.9 Å². The summed E-state index contributed by atoms with van der Waals surface area (Å²) < 4.78 is 0. The maximum absolute atomic E-state index is 10.0. The Labute approximate surface area is 111 Å². The Morgan fingerprint density at radius 2 is 1.67 bits per heavy atom. The van der Waals surface area contributed by atoms with Crippen LogP contribution in [0.3, 0.4) is 0 Å². The Morgan fingerprint density at radius 1 is 1.00 bits per heavy atom. The van der Waals surface area contributed by atoms with E-state index in [4.69, 9.17) is 0 Å². The van der Waals surface area contributed by atoms with Crippen molar-refractivity contribution in [2.24, 2.45) is 23.7 Å². The lowest BCUT2D eigenvalue weighted by Gasteiger charge is -2.30. The summed E-state index contributed by atoms with van der Waals surface area (Å²) in [5.41, 5.74) is 0. The van der Waals surface area contributed by atoms with Crippen molar-refractivity contribution < 1.29 is 10.2 Å². The molecule has 2 fully saturated rings. The van der Waals surface area contributed by atoms with Crippen molar-refractivity contribution in [3.63, 3.8) is 0 Å². The first-order chi connectivity index (χ1) is 8.65. The second-order valence-electron chi connectivity index (χ2n) is 6.33. The maximum atomic E-state index is 10.0. The summed E-state index contributed by atoms with van der Waals surface area (Å²) in [5.74, 6) is 2.38. The van der Waals surface area contributed by atoms with Crippen molar-refractivity contribution in [2.45, 2.75) is 64.1 Å². The van der Waals surface area contributed by atoms with Crippen molar-refractivity contribution >= 4 is 0 Å². The molecular formula is C16H28O2. The second-order valence-corrected chi connectivity index (χ2v) is 6.33. The average Bonchev–Trinajstić information content (AvgIpc) is 2.74. The Morgan fingerprint density at radius 3 is 2.33 bits per heavy atom. The van der Waals surface area contributed by atoms with Gasteiger partial charge in [-0.25, -0.2) is 0 Å². The van der Waals surface area contributed by atoms with Gasteiger partial charge in [0.15, 0.2) is 0 Å². The average molecular weight is 252 g/mol. The van der Waals surface area contributed by atoms with Crippen LogP contribution in [0.15, 0.2) is 12.7 Å². The Bertz CT molecular complexity index is 276. The standard InChI is InChI=1S/C16H28O2/c1-3-11-5-7-13(17)8-6-12(4-2)16-10-14(18)9-15(11)16/h3,11-18H,1,4-10H2,2H3. The highest BCUT2D eigenvalue weighted by molar-refractivity contribution is 4.97. The van der Waals surface area contributed by atoms with Gasteiger partial charge >= 0.3 is 0 Å². The lowest BCUT2D eigenvalue weighted by atomic mass is 9.74. The van der Waals surface area contributed by atoms with E-state index in [1.54, 1.807) is 0 Å². The summed E-state index contributed by atoms with van der Waals surface area (Å²) in [4.78, 5) is 0. The van der Waals surface area contributed by atoms with Crippen LogP contribution in [0, 0.1) is 23.7 Å². The van der Waals surface area contributed by atoms with Gasteiger partial charge in [-0.05, 0) is 62.2 Å². The molecule has 6 unspecified atom stereocenters. The summed E-state index contributed by atoms with van der Waals surface area (Å²) in [6, 6.07) is 0. The number of aliphatic hydroxyl groups is 2. The van der Waals surface area contributed by atoms with Gasteiger partial charge in [0.2, 0.25) is 0 Å². The minimum absolute atomic E-state index is 0.110. The van der Waals surface area contributed by atoms with Gasteiger partial charge in [-0.3, -0.25) is 0 Å². The van der Waals surface area contributed by atoms with Gasteiger partial charge in [-0.1, -0.05) is 19.4 Å². The van der Waals surface area contributed by atoms with Crippen LogP contribution in [0.25, 0.3) is 0 Å². The Balaban J connectivity index is 2.18. The molecule has 2 aliphatic rings. The number of hydrogen-bond acceptors (Lipinski definition) is 2. The quantitative estimate of drug-likeness (QED) is 0.741. The molecule has 2 heteroatoms. The molecule has 2 N–H and O–H groups in total. The molecule has 18 heavy (non-hydrogen) atoms. The summed E-state index contributed by atoms with van der Waals surface area (Å²) in [6.07, 6.45) is 8.88. The Kier molecular flexibility index (Phi) is 4.85. The van der Waals surface area contributed by atoms with Crippen LogP contribution < -0.4 is 0 Å². The van der Waals surface area contributed by atoms with E-state index in [9.17, 15) is 10.2 Å². The van der Waals surface area contributed by atoms with Crippen LogP contribution in [0.5, 0.6) is 0 Å². The molecule has 0 aromatic heterocycles. The smallest absolute Gasteiger partial charge is 0.0546 e. The zero-order valence-corrected chi connectivity index (χ0v) is 11.6. The van der Waals surface area contributed by atoms with Crippen molar-refractivity contribution in [1.29, 1.82) is 0 Å². The van der Waals surface area contributed by atoms with E-state index >= 15 is 0 Å². The normalized spacial score (nSPS) is 45.7. The van der Waals surface area contributed by atoms with Crippen molar-refractivity contribution in [3.8, 4) is 0 Å². The summed E-state index contributed by atoms with van der Waals surface area (Å²) in [6.45, 7) is 6.23. The molecule has 0 aliphatic heterocycles. The van der Waals surface area contributed by atoms with Crippen LogP contribution >= 0.6 is 0 Å². The van der Waals surface area contributed by atoms with Crippen LogP contribution in [-0.4, -0.2) is 22.4 Å². The van der Waals surface area contributed by atoms with E-state index in [1.165, 1.54) is 6.42 Å². The third-order valence-corrected chi connectivity index (χ3v) is 5.32. The minimum atomic E-state index is -0.134. The lowest BCUT2D eigenvalue weighted by molar-refractivity contribution is 0.134. The lowest BCUT2D eigenvalue weighted by Crippen LogP contribution is -2.23. The fourth-order valence-corrected chi connectivity index (χ4v) is 4.27. The summed E-state index contributed by atoms with van der Waals surface area (Å²) >= 11 is 0. The third kappa shape index (κ3) is 2.97. The molecule has 0 saturated heterocycles. The van der Waals surface area contributed by atoms with Crippen LogP contribution in [-0.2, 0) is 0 Å². The van der Waals surface area contributed by atoms with Crippen molar-refractivity contribution in [1.82, 2.24) is 0 Å². The largest absolute Gasteiger partial charge is 0.393 e.